The molecule has 2 nitrogen and oxygen atoms in total. The van der Waals surface area contributed by atoms with E-state index < -0.39 is 0 Å². The largest absolute Gasteiger partial charge is 0.257 e. The topological polar surface area (TPSA) is 36.1 Å². The third-order valence-electron chi connectivity index (χ3n) is 2.98. The number of aliphatic imine (C=N–C) groups is 1. The molecule has 0 aromatic heterocycles. The standard InChI is InChI=1S/C11H8N2/c12-6-10-8-2-1-7(8)5-11-9(10)3-4-13-11/h1,3-5,8,10H,2H2. The minimum atomic E-state index is 0.0440. The highest BCUT2D eigenvalue weighted by molar-refractivity contribution is 5.81. The number of allylic oxidation sites excluding steroid dienone is 5. The molecular formula is C11H8N2. The van der Waals surface area contributed by atoms with Crippen LogP contribution in [0, 0.1) is 23.2 Å². The Kier molecular flexibility index (Phi) is 1.16. The van der Waals surface area contributed by atoms with Crippen LogP contribution in [0.2, 0.25) is 0 Å². The van der Waals surface area contributed by atoms with Crippen molar-refractivity contribution in [1.29, 1.82) is 5.26 Å². The van der Waals surface area contributed by atoms with Crippen LogP contribution in [0.3, 0.4) is 0 Å². The summed E-state index contributed by atoms with van der Waals surface area (Å²) < 4.78 is 0. The summed E-state index contributed by atoms with van der Waals surface area (Å²) in [7, 11) is 0. The van der Waals surface area contributed by atoms with Crippen LogP contribution in [0.25, 0.3) is 0 Å². The number of hydrogen-bond donors (Lipinski definition) is 0. The van der Waals surface area contributed by atoms with E-state index in [-0.39, 0.29) is 5.92 Å². The van der Waals surface area contributed by atoms with Crippen LogP contribution in [0.5, 0.6) is 0 Å². The zero-order valence-electron chi connectivity index (χ0n) is 7.07. The van der Waals surface area contributed by atoms with E-state index in [0.29, 0.717) is 5.92 Å². The Morgan fingerprint density at radius 2 is 2.46 bits per heavy atom. The summed E-state index contributed by atoms with van der Waals surface area (Å²) >= 11 is 0. The van der Waals surface area contributed by atoms with Crippen molar-refractivity contribution >= 4 is 6.21 Å². The minimum Gasteiger partial charge on any atom is -0.257 e. The molecule has 0 fully saturated rings. The number of fused-ring (bicyclic) bond motifs is 2. The average Bonchev–Trinajstić information content (AvgIpc) is 2.55. The summed E-state index contributed by atoms with van der Waals surface area (Å²) in [5.74, 6) is 0.490. The first kappa shape index (κ1) is 6.85. The second-order valence-corrected chi connectivity index (χ2v) is 3.58. The Bertz CT molecular complexity index is 429. The molecule has 0 N–H and O–H groups in total. The van der Waals surface area contributed by atoms with Crippen LogP contribution >= 0.6 is 0 Å². The van der Waals surface area contributed by atoms with Crippen molar-refractivity contribution in [3.63, 3.8) is 0 Å². The maximum Gasteiger partial charge on any atom is 0.0805 e. The molecule has 0 radical (unpaired) electrons. The van der Waals surface area contributed by atoms with Crippen LogP contribution in [-0.2, 0) is 0 Å². The van der Waals surface area contributed by atoms with Gasteiger partial charge in [-0.3, -0.25) is 4.99 Å². The van der Waals surface area contributed by atoms with E-state index in [1.165, 1.54) is 5.57 Å². The smallest absolute Gasteiger partial charge is 0.0805 e. The van der Waals surface area contributed by atoms with Crippen molar-refractivity contribution < 1.29 is 0 Å². The molecule has 0 aromatic carbocycles. The first-order chi connectivity index (χ1) is 6.40. The van der Waals surface area contributed by atoms with E-state index in [9.17, 15) is 0 Å². The van der Waals surface area contributed by atoms with Crippen molar-refractivity contribution in [2.75, 3.05) is 0 Å². The summed E-state index contributed by atoms with van der Waals surface area (Å²) in [6.07, 6.45) is 9.10. The lowest BCUT2D eigenvalue weighted by atomic mass is 9.69. The maximum absolute atomic E-state index is 9.06. The Balaban J connectivity index is 2.16. The molecule has 13 heavy (non-hydrogen) atoms. The molecule has 3 rings (SSSR count). The van der Waals surface area contributed by atoms with Gasteiger partial charge in [-0.25, -0.2) is 0 Å². The summed E-state index contributed by atoms with van der Waals surface area (Å²) in [6, 6.07) is 2.38. The average molecular weight is 168 g/mol. The third kappa shape index (κ3) is 0.740. The van der Waals surface area contributed by atoms with Gasteiger partial charge in [-0.1, -0.05) is 6.08 Å². The normalized spacial score (nSPS) is 33.3. The zero-order chi connectivity index (χ0) is 8.84. The molecule has 0 amide bonds. The van der Waals surface area contributed by atoms with E-state index in [1.807, 2.05) is 6.08 Å². The molecule has 3 aliphatic rings. The van der Waals surface area contributed by atoms with Crippen molar-refractivity contribution in [2.24, 2.45) is 16.8 Å². The molecule has 0 aromatic rings. The van der Waals surface area contributed by atoms with Gasteiger partial charge in [-0.15, -0.1) is 0 Å². The van der Waals surface area contributed by atoms with Crippen molar-refractivity contribution in [2.45, 2.75) is 6.42 Å². The van der Waals surface area contributed by atoms with Crippen molar-refractivity contribution in [1.82, 2.24) is 0 Å². The lowest BCUT2D eigenvalue weighted by Crippen LogP contribution is -2.26. The summed E-state index contributed by atoms with van der Waals surface area (Å²) in [6.45, 7) is 0. The fourth-order valence-electron chi connectivity index (χ4n) is 2.16. The SMILES string of the molecule is N#CC1C2=CC=NC2=CC2=CCC21. The first-order valence-electron chi connectivity index (χ1n) is 4.46. The first-order valence-corrected chi connectivity index (χ1v) is 4.46. The van der Waals surface area contributed by atoms with E-state index in [2.05, 4.69) is 23.2 Å². The molecule has 1 aliphatic heterocycles. The second-order valence-electron chi connectivity index (χ2n) is 3.58. The fraction of sp³-hybridized carbons (Fsp3) is 0.273. The molecule has 1 heterocycles. The molecular weight excluding hydrogens is 160 g/mol. The van der Waals surface area contributed by atoms with Gasteiger partial charge in [0.15, 0.2) is 0 Å². The Morgan fingerprint density at radius 1 is 1.54 bits per heavy atom. The highest BCUT2D eigenvalue weighted by atomic mass is 14.8. The number of nitrogens with zero attached hydrogens (tertiary/aromatic N) is 2. The molecule has 0 bridgehead atoms. The molecule has 2 unspecified atom stereocenters. The van der Waals surface area contributed by atoms with Gasteiger partial charge in [0.2, 0.25) is 0 Å². The summed E-state index contributed by atoms with van der Waals surface area (Å²) in [5.41, 5.74) is 3.41. The quantitative estimate of drug-likeness (QED) is 0.544. The zero-order valence-corrected chi connectivity index (χ0v) is 7.07. The summed E-state index contributed by atoms with van der Waals surface area (Å²) in [5, 5.41) is 9.06. The maximum atomic E-state index is 9.06. The van der Waals surface area contributed by atoms with Gasteiger partial charge in [-0.05, 0) is 29.7 Å². The van der Waals surface area contributed by atoms with Gasteiger partial charge in [0, 0.05) is 12.1 Å². The minimum absolute atomic E-state index is 0.0440. The molecule has 0 saturated carbocycles. The van der Waals surface area contributed by atoms with Gasteiger partial charge < -0.3 is 0 Å². The monoisotopic (exact) mass is 168 g/mol. The van der Waals surface area contributed by atoms with Gasteiger partial charge in [0.1, 0.15) is 0 Å². The fourth-order valence-corrected chi connectivity index (χ4v) is 2.16. The van der Waals surface area contributed by atoms with Crippen molar-refractivity contribution in [3.05, 3.63) is 35.1 Å². The highest BCUT2D eigenvalue weighted by Gasteiger charge is 2.37. The Hall–Kier alpha value is -1.62. The van der Waals surface area contributed by atoms with E-state index in [0.717, 1.165) is 17.7 Å². The van der Waals surface area contributed by atoms with Crippen LogP contribution < -0.4 is 0 Å². The molecule has 0 spiro atoms. The van der Waals surface area contributed by atoms with E-state index in [4.69, 9.17) is 5.26 Å². The van der Waals surface area contributed by atoms with Crippen LogP contribution in [0.1, 0.15) is 6.42 Å². The molecule has 0 saturated heterocycles. The van der Waals surface area contributed by atoms with Crippen molar-refractivity contribution in [3.8, 4) is 6.07 Å². The van der Waals surface area contributed by atoms with Crippen LogP contribution in [0.4, 0.5) is 0 Å². The van der Waals surface area contributed by atoms with Gasteiger partial charge in [-0.2, -0.15) is 5.26 Å². The van der Waals surface area contributed by atoms with E-state index >= 15 is 0 Å². The predicted octanol–water partition coefficient (Wildman–Crippen LogP) is 1.98. The molecule has 2 heteroatoms. The van der Waals surface area contributed by atoms with Gasteiger partial charge in [0.05, 0.1) is 17.7 Å². The van der Waals surface area contributed by atoms with Crippen LogP contribution in [-0.4, -0.2) is 6.21 Å². The molecule has 2 aliphatic carbocycles. The number of hydrogen-bond acceptors (Lipinski definition) is 2. The highest BCUT2D eigenvalue weighted by Crippen LogP contribution is 2.45. The predicted molar refractivity (Wildman–Crippen MR) is 50.0 cm³/mol. The summed E-state index contributed by atoms with van der Waals surface area (Å²) in [4.78, 5) is 4.23. The lowest BCUT2D eigenvalue weighted by molar-refractivity contribution is 0.479. The second kappa shape index (κ2) is 2.20. The van der Waals surface area contributed by atoms with Crippen LogP contribution in [0.15, 0.2) is 40.1 Å². The number of rotatable bonds is 0. The Labute approximate surface area is 76.6 Å². The molecule has 2 atom stereocenters. The van der Waals surface area contributed by atoms with Gasteiger partial charge in [0.25, 0.3) is 0 Å². The van der Waals surface area contributed by atoms with Gasteiger partial charge >= 0.3 is 0 Å². The molecule has 62 valence electrons. The van der Waals surface area contributed by atoms with E-state index in [1.54, 1.807) is 6.21 Å². The number of nitriles is 1. The lowest BCUT2D eigenvalue weighted by Gasteiger charge is -2.34. The third-order valence-corrected chi connectivity index (χ3v) is 2.98. The Morgan fingerprint density at radius 3 is 3.15 bits per heavy atom.